The molecule has 2 aromatic rings. The van der Waals surface area contributed by atoms with Gasteiger partial charge in [0.05, 0.1) is 24.9 Å². The molecule has 1 atom stereocenters. The Morgan fingerprint density at radius 2 is 2.04 bits per heavy atom. The van der Waals surface area contributed by atoms with Crippen LogP contribution in [-0.4, -0.2) is 30.0 Å². The molecule has 0 fully saturated rings. The van der Waals surface area contributed by atoms with Crippen LogP contribution >= 0.6 is 0 Å². The number of fused-ring (bicyclic) bond motifs is 1. The second kappa shape index (κ2) is 7.11. The third-order valence-electron chi connectivity index (χ3n) is 4.65. The SMILES string of the molecule is Cc1occc1C(=O)NCC(=O)NCC1(O)CCCc2ccccc21. The molecule has 0 radical (unpaired) electrons. The molecule has 1 heterocycles. The highest BCUT2D eigenvalue weighted by molar-refractivity contribution is 5.97. The van der Waals surface area contributed by atoms with Crippen LogP contribution in [0.1, 0.15) is 40.1 Å². The van der Waals surface area contributed by atoms with Crippen molar-refractivity contribution in [3.8, 4) is 0 Å². The van der Waals surface area contributed by atoms with Gasteiger partial charge in [0.1, 0.15) is 11.4 Å². The van der Waals surface area contributed by atoms with Gasteiger partial charge < -0.3 is 20.2 Å². The largest absolute Gasteiger partial charge is 0.469 e. The topological polar surface area (TPSA) is 91.6 Å². The van der Waals surface area contributed by atoms with Gasteiger partial charge in [0.15, 0.2) is 0 Å². The van der Waals surface area contributed by atoms with Crippen LogP contribution in [0.2, 0.25) is 0 Å². The van der Waals surface area contributed by atoms with Crippen molar-refractivity contribution in [2.24, 2.45) is 0 Å². The number of furan rings is 1. The molecular formula is C19H22N2O4. The molecule has 3 rings (SSSR count). The Hall–Kier alpha value is -2.60. The van der Waals surface area contributed by atoms with Gasteiger partial charge in [0, 0.05) is 0 Å². The van der Waals surface area contributed by atoms with E-state index in [1.165, 1.54) is 6.26 Å². The molecule has 6 nitrogen and oxygen atoms in total. The summed E-state index contributed by atoms with van der Waals surface area (Å²) in [6.07, 6.45) is 3.84. The third-order valence-corrected chi connectivity index (χ3v) is 4.65. The van der Waals surface area contributed by atoms with Gasteiger partial charge in [-0.05, 0) is 43.4 Å². The van der Waals surface area contributed by atoms with Gasteiger partial charge in [0.25, 0.3) is 5.91 Å². The number of carbonyl (C=O) groups excluding carboxylic acids is 2. The standard InChI is InChI=1S/C19H22N2O4/c1-13-15(8-10-25-13)18(23)20-11-17(22)21-12-19(24)9-4-6-14-5-2-3-7-16(14)19/h2-3,5,7-8,10,24H,4,6,9,11-12H2,1H3,(H,20,23)(H,21,22). The summed E-state index contributed by atoms with van der Waals surface area (Å²) in [4.78, 5) is 24.0. The Kier molecular flexibility index (Phi) is 4.90. The Labute approximate surface area is 146 Å². The first-order valence-corrected chi connectivity index (χ1v) is 8.39. The minimum Gasteiger partial charge on any atom is -0.469 e. The van der Waals surface area contributed by atoms with Crippen LogP contribution in [0.3, 0.4) is 0 Å². The van der Waals surface area contributed by atoms with Crippen LogP contribution in [0.5, 0.6) is 0 Å². The smallest absolute Gasteiger partial charge is 0.255 e. The Balaban J connectivity index is 1.54. The number of aryl methyl sites for hydroxylation is 2. The van der Waals surface area contributed by atoms with Crippen molar-refractivity contribution in [1.82, 2.24) is 10.6 Å². The average Bonchev–Trinajstić information content (AvgIpc) is 3.04. The van der Waals surface area contributed by atoms with E-state index in [0.29, 0.717) is 17.7 Å². The molecule has 0 aliphatic heterocycles. The number of amides is 2. The van der Waals surface area contributed by atoms with Gasteiger partial charge in [-0.3, -0.25) is 9.59 Å². The van der Waals surface area contributed by atoms with Gasteiger partial charge >= 0.3 is 0 Å². The fraction of sp³-hybridized carbons (Fsp3) is 0.368. The first-order valence-electron chi connectivity index (χ1n) is 8.39. The summed E-state index contributed by atoms with van der Waals surface area (Å²) in [6, 6.07) is 9.32. The normalized spacial score (nSPS) is 19.1. The molecule has 2 amide bonds. The highest BCUT2D eigenvalue weighted by Crippen LogP contribution is 2.34. The minimum atomic E-state index is -1.06. The van der Waals surface area contributed by atoms with Gasteiger partial charge in [0.2, 0.25) is 5.91 Å². The zero-order chi connectivity index (χ0) is 17.9. The van der Waals surface area contributed by atoms with E-state index in [1.807, 2.05) is 24.3 Å². The van der Waals surface area contributed by atoms with Gasteiger partial charge in [-0.15, -0.1) is 0 Å². The lowest BCUT2D eigenvalue weighted by atomic mass is 9.79. The minimum absolute atomic E-state index is 0.128. The van der Waals surface area contributed by atoms with Crippen LogP contribution in [-0.2, 0) is 16.8 Å². The van der Waals surface area contributed by atoms with E-state index in [-0.39, 0.29) is 24.9 Å². The van der Waals surface area contributed by atoms with Crippen molar-refractivity contribution in [2.75, 3.05) is 13.1 Å². The van der Waals surface area contributed by atoms with Crippen molar-refractivity contribution in [1.29, 1.82) is 0 Å². The number of aliphatic hydroxyl groups is 1. The van der Waals surface area contributed by atoms with E-state index in [2.05, 4.69) is 10.6 Å². The highest BCUT2D eigenvalue weighted by atomic mass is 16.3. The second-order valence-electron chi connectivity index (χ2n) is 6.39. The Morgan fingerprint density at radius 1 is 1.24 bits per heavy atom. The van der Waals surface area contributed by atoms with Crippen molar-refractivity contribution >= 4 is 11.8 Å². The molecule has 1 aliphatic carbocycles. The molecule has 1 aromatic heterocycles. The molecular weight excluding hydrogens is 320 g/mol. The first kappa shape index (κ1) is 17.2. The van der Waals surface area contributed by atoms with Crippen LogP contribution in [0.4, 0.5) is 0 Å². The molecule has 1 aromatic carbocycles. The molecule has 1 unspecified atom stereocenters. The van der Waals surface area contributed by atoms with Crippen molar-refractivity contribution in [3.05, 3.63) is 59.0 Å². The molecule has 0 bridgehead atoms. The molecule has 6 heteroatoms. The summed E-state index contributed by atoms with van der Waals surface area (Å²) >= 11 is 0. The lowest BCUT2D eigenvalue weighted by Gasteiger charge is -2.34. The number of nitrogens with one attached hydrogen (secondary N) is 2. The van der Waals surface area contributed by atoms with Crippen LogP contribution in [0.15, 0.2) is 41.0 Å². The first-order chi connectivity index (χ1) is 12.0. The maximum atomic E-state index is 12.0. The van der Waals surface area contributed by atoms with Crippen LogP contribution in [0.25, 0.3) is 0 Å². The highest BCUT2D eigenvalue weighted by Gasteiger charge is 2.34. The van der Waals surface area contributed by atoms with Gasteiger partial charge in [-0.25, -0.2) is 0 Å². The summed E-state index contributed by atoms with van der Waals surface area (Å²) in [5.74, 6) is -0.194. The number of rotatable bonds is 5. The summed E-state index contributed by atoms with van der Waals surface area (Å²) in [5.41, 5.74) is 1.34. The molecule has 3 N–H and O–H groups in total. The van der Waals surface area contributed by atoms with E-state index < -0.39 is 5.60 Å². The number of benzene rings is 1. The quantitative estimate of drug-likeness (QED) is 0.771. The number of hydrogen-bond acceptors (Lipinski definition) is 4. The zero-order valence-corrected chi connectivity index (χ0v) is 14.2. The van der Waals surface area contributed by atoms with Crippen LogP contribution < -0.4 is 10.6 Å². The predicted octanol–water partition coefficient (Wildman–Crippen LogP) is 1.66. The van der Waals surface area contributed by atoms with Crippen molar-refractivity contribution in [3.63, 3.8) is 0 Å². The second-order valence-corrected chi connectivity index (χ2v) is 6.39. The maximum absolute atomic E-state index is 12.0. The zero-order valence-electron chi connectivity index (χ0n) is 14.2. The maximum Gasteiger partial charge on any atom is 0.255 e. The van der Waals surface area contributed by atoms with Crippen molar-refractivity contribution < 1.29 is 19.1 Å². The van der Waals surface area contributed by atoms with E-state index in [4.69, 9.17) is 4.42 Å². The Bertz CT molecular complexity index is 783. The monoisotopic (exact) mass is 342 g/mol. The summed E-state index contributed by atoms with van der Waals surface area (Å²) in [7, 11) is 0. The Morgan fingerprint density at radius 3 is 2.80 bits per heavy atom. The summed E-state index contributed by atoms with van der Waals surface area (Å²) in [6.45, 7) is 1.66. The molecule has 0 saturated heterocycles. The molecule has 25 heavy (non-hydrogen) atoms. The lowest BCUT2D eigenvalue weighted by Crippen LogP contribution is -2.45. The third kappa shape index (κ3) is 3.74. The van der Waals surface area contributed by atoms with E-state index in [9.17, 15) is 14.7 Å². The predicted molar refractivity (Wildman–Crippen MR) is 92.1 cm³/mol. The molecule has 1 aliphatic rings. The lowest BCUT2D eigenvalue weighted by molar-refractivity contribution is -0.121. The summed E-state index contributed by atoms with van der Waals surface area (Å²) in [5, 5.41) is 16.2. The van der Waals surface area contributed by atoms with E-state index in [1.54, 1.807) is 13.0 Å². The van der Waals surface area contributed by atoms with Crippen LogP contribution in [0, 0.1) is 6.92 Å². The fourth-order valence-corrected chi connectivity index (χ4v) is 3.27. The molecule has 0 saturated carbocycles. The van der Waals surface area contributed by atoms with E-state index >= 15 is 0 Å². The van der Waals surface area contributed by atoms with Gasteiger partial charge in [-0.1, -0.05) is 24.3 Å². The van der Waals surface area contributed by atoms with Crippen molar-refractivity contribution in [2.45, 2.75) is 31.8 Å². The summed E-state index contributed by atoms with van der Waals surface area (Å²) < 4.78 is 5.07. The average molecular weight is 342 g/mol. The molecule has 0 spiro atoms. The number of carbonyl (C=O) groups is 2. The molecule has 132 valence electrons. The fourth-order valence-electron chi connectivity index (χ4n) is 3.27. The van der Waals surface area contributed by atoms with Gasteiger partial charge in [-0.2, -0.15) is 0 Å². The van der Waals surface area contributed by atoms with E-state index in [0.717, 1.165) is 24.0 Å². The number of hydrogen-bond donors (Lipinski definition) is 3.